The minimum Gasteiger partial charge on any atom is -0.457 e. The lowest BCUT2D eigenvalue weighted by Gasteiger charge is -2.21. The van der Waals surface area contributed by atoms with Crippen LogP contribution >= 0.6 is 11.8 Å². The minimum absolute atomic E-state index is 0.902. The SMILES string of the molecule is CCN1C(=CC2=CC=C3CC=CC=C3O2)Sc2ccccc21. The molecular weight excluding hydrogens is 290 g/mol. The van der Waals surface area contributed by atoms with Crippen LogP contribution in [0, 0.1) is 0 Å². The molecule has 22 heavy (non-hydrogen) atoms. The molecule has 2 aliphatic heterocycles. The van der Waals surface area contributed by atoms with E-state index < -0.39 is 0 Å². The van der Waals surface area contributed by atoms with Crippen molar-refractivity contribution in [3.8, 4) is 0 Å². The molecule has 0 spiro atoms. The number of allylic oxidation sites excluding steroid dienone is 7. The maximum Gasteiger partial charge on any atom is 0.130 e. The molecule has 1 aliphatic carbocycles. The lowest BCUT2D eigenvalue weighted by molar-refractivity contribution is 0.322. The number of ether oxygens (including phenoxy) is 1. The number of thioether (sulfide) groups is 1. The van der Waals surface area contributed by atoms with Crippen molar-refractivity contribution in [2.45, 2.75) is 18.2 Å². The van der Waals surface area contributed by atoms with Gasteiger partial charge in [0.05, 0.1) is 10.7 Å². The van der Waals surface area contributed by atoms with Crippen LogP contribution in [0.5, 0.6) is 0 Å². The van der Waals surface area contributed by atoms with Gasteiger partial charge in [-0.05, 0) is 43.2 Å². The number of benzene rings is 1. The summed E-state index contributed by atoms with van der Waals surface area (Å²) < 4.78 is 6.03. The lowest BCUT2D eigenvalue weighted by Crippen LogP contribution is -2.16. The fourth-order valence-electron chi connectivity index (χ4n) is 2.84. The Morgan fingerprint density at radius 1 is 1.23 bits per heavy atom. The smallest absolute Gasteiger partial charge is 0.130 e. The first-order valence-electron chi connectivity index (χ1n) is 7.57. The second kappa shape index (κ2) is 5.58. The summed E-state index contributed by atoms with van der Waals surface area (Å²) in [6, 6.07) is 8.53. The number of para-hydroxylation sites is 1. The van der Waals surface area contributed by atoms with E-state index in [1.54, 1.807) is 11.8 Å². The molecule has 3 heteroatoms. The Balaban J connectivity index is 1.65. The maximum absolute atomic E-state index is 6.03. The fraction of sp³-hybridized carbons (Fsp3) is 0.158. The zero-order chi connectivity index (χ0) is 14.9. The van der Waals surface area contributed by atoms with Crippen LogP contribution in [0.1, 0.15) is 13.3 Å². The third-order valence-electron chi connectivity index (χ3n) is 3.93. The van der Waals surface area contributed by atoms with Crippen molar-refractivity contribution in [3.05, 3.63) is 82.8 Å². The van der Waals surface area contributed by atoms with Gasteiger partial charge in [-0.15, -0.1) is 0 Å². The molecule has 2 nitrogen and oxygen atoms in total. The lowest BCUT2D eigenvalue weighted by atomic mass is 10.0. The maximum atomic E-state index is 6.03. The molecule has 0 N–H and O–H groups in total. The van der Waals surface area contributed by atoms with Crippen molar-refractivity contribution in [1.82, 2.24) is 0 Å². The zero-order valence-corrected chi connectivity index (χ0v) is 13.3. The fourth-order valence-corrected chi connectivity index (χ4v) is 4.00. The van der Waals surface area contributed by atoms with Crippen LogP contribution in [0.4, 0.5) is 5.69 Å². The number of hydrogen-bond acceptors (Lipinski definition) is 3. The predicted octanol–water partition coefficient (Wildman–Crippen LogP) is 5.14. The van der Waals surface area contributed by atoms with E-state index in [0.717, 1.165) is 24.5 Å². The van der Waals surface area contributed by atoms with Crippen molar-refractivity contribution in [1.29, 1.82) is 0 Å². The molecule has 0 radical (unpaired) electrons. The molecule has 0 unspecified atom stereocenters. The van der Waals surface area contributed by atoms with Crippen LogP contribution in [0.25, 0.3) is 0 Å². The Bertz CT molecular complexity index is 767. The molecule has 0 amide bonds. The quantitative estimate of drug-likeness (QED) is 0.750. The van der Waals surface area contributed by atoms with Crippen molar-refractivity contribution < 1.29 is 4.74 Å². The molecule has 0 bridgehead atoms. The van der Waals surface area contributed by atoms with E-state index >= 15 is 0 Å². The zero-order valence-electron chi connectivity index (χ0n) is 12.5. The van der Waals surface area contributed by atoms with Crippen LogP contribution in [-0.4, -0.2) is 6.54 Å². The number of fused-ring (bicyclic) bond motifs is 2. The van der Waals surface area contributed by atoms with E-state index in [1.165, 1.54) is 21.2 Å². The van der Waals surface area contributed by atoms with E-state index in [4.69, 9.17) is 4.74 Å². The Morgan fingerprint density at radius 3 is 3.05 bits per heavy atom. The third kappa shape index (κ3) is 2.32. The van der Waals surface area contributed by atoms with Gasteiger partial charge in [0.25, 0.3) is 0 Å². The highest BCUT2D eigenvalue weighted by Gasteiger charge is 2.24. The van der Waals surface area contributed by atoms with Gasteiger partial charge in [-0.3, -0.25) is 0 Å². The molecule has 3 aliphatic rings. The van der Waals surface area contributed by atoms with E-state index in [1.807, 2.05) is 6.08 Å². The number of nitrogens with zero attached hydrogens (tertiary/aromatic N) is 1. The van der Waals surface area contributed by atoms with Gasteiger partial charge < -0.3 is 9.64 Å². The summed E-state index contributed by atoms with van der Waals surface area (Å²) in [5.41, 5.74) is 2.54. The molecule has 1 aromatic carbocycles. The van der Waals surface area contributed by atoms with Gasteiger partial charge in [-0.1, -0.05) is 42.1 Å². The van der Waals surface area contributed by atoms with Crippen LogP contribution in [0.2, 0.25) is 0 Å². The summed E-state index contributed by atoms with van der Waals surface area (Å²) in [5, 5.41) is 1.22. The molecule has 0 saturated carbocycles. The minimum atomic E-state index is 0.902. The van der Waals surface area contributed by atoms with Gasteiger partial charge in [-0.2, -0.15) is 0 Å². The molecular formula is C19H17NOS. The van der Waals surface area contributed by atoms with Crippen LogP contribution in [0.15, 0.2) is 87.7 Å². The molecule has 0 aromatic heterocycles. The van der Waals surface area contributed by atoms with Gasteiger partial charge in [0.2, 0.25) is 0 Å². The molecule has 2 heterocycles. The van der Waals surface area contributed by atoms with E-state index in [-0.39, 0.29) is 0 Å². The van der Waals surface area contributed by atoms with Crippen LogP contribution in [0.3, 0.4) is 0 Å². The highest BCUT2D eigenvalue weighted by molar-refractivity contribution is 8.03. The average Bonchev–Trinajstić information content (AvgIpc) is 2.91. The summed E-state index contributed by atoms with van der Waals surface area (Å²) in [5.74, 6) is 1.87. The van der Waals surface area contributed by atoms with Gasteiger partial charge >= 0.3 is 0 Å². The highest BCUT2D eigenvalue weighted by Crippen LogP contribution is 2.46. The first-order valence-corrected chi connectivity index (χ1v) is 8.39. The van der Waals surface area contributed by atoms with Gasteiger partial charge in [0, 0.05) is 17.5 Å². The van der Waals surface area contributed by atoms with Crippen LogP contribution in [-0.2, 0) is 4.74 Å². The normalized spacial score (nSPS) is 20.9. The third-order valence-corrected chi connectivity index (χ3v) is 5.05. The standard InChI is InChI=1S/C19H17NOS/c1-2-20-16-8-4-6-10-18(16)22-19(20)13-15-12-11-14-7-3-5-9-17(14)21-15/h3-6,8-13H,2,7H2,1H3. The van der Waals surface area contributed by atoms with E-state index in [9.17, 15) is 0 Å². The Hall–Kier alpha value is -2.13. The first kappa shape index (κ1) is 13.5. The molecule has 0 saturated heterocycles. The topological polar surface area (TPSA) is 12.5 Å². The van der Waals surface area contributed by atoms with E-state index in [2.05, 4.69) is 66.5 Å². The molecule has 1 aromatic rings. The van der Waals surface area contributed by atoms with Gasteiger partial charge in [-0.25, -0.2) is 0 Å². The summed E-state index contributed by atoms with van der Waals surface area (Å²) in [7, 11) is 0. The van der Waals surface area contributed by atoms with Crippen molar-refractivity contribution in [3.63, 3.8) is 0 Å². The van der Waals surface area contributed by atoms with Gasteiger partial charge in [0.15, 0.2) is 0 Å². The number of hydrogen-bond donors (Lipinski definition) is 0. The molecule has 4 rings (SSSR count). The van der Waals surface area contributed by atoms with Gasteiger partial charge in [0.1, 0.15) is 11.5 Å². The Morgan fingerprint density at radius 2 is 2.14 bits per heavy atom. The summed E-state index contributed by atoms with van der Waals surface area (Å²) in [6.45, 7) is 3.13. The monoisotopic (exact) mass is 307 g/mol. The summed E-state index contributed by atoms with van der Waals surface area (Å²) in [4.78, 5) is 3.64. The average molecular weight is 307 g/mol. The molecule has 110 valence electrons. The highest BCUT2D eigenvalue weighted by atomic mass is 32.2. The molecule has 0 fully saturated rings. The summed E-state index contributed by atoms with van der Waals surface area (Å²) >= 11 is 1.80. The van der Waals surface area contributed by atoms with E-state index in [0.29, 0.717) is 0 Å². The van der Waals surface area contributed by atoms with Crippen molar-refractivity contribution >= 4 is 17.4 Å². The Kier molecular flexibility index (Phi) is 3.43. The Labute approximate surface area is 135 Å². The largest absolute Gasteiger partial charge is 0.457 e. The second-order valence-corrected chi connectivity index (χ2v) is 6.39. The van der Waals surface area contributed by atoms with Crippen molar-refractivity contribution in [2.24, 2.45) is 0 Å². The molecule has 0 atom stereocenters. The first-order chi connectivity index (χ1) is 10.8. The predicted molar refractivity (Wildman–Crippen MR) is 92.5 cm³/mol. The van der Waals surface area contributed by atoms with Crippen molar-refractivity contribution in [2.75, 3.05) is 11.4 Å². The number of rotatable bonds is 2. The second-order valence-electron chi connectivity index (χ2n) is 5.32. The summed E-state index contributed by atoms with van der Waals surface area (Å²) in [6.07, 6.45) is 13.6. The van der Waals surface area contributed by atoms with Crippen LogP contribution < -0.4 is 4.90 Å². The number of anilines is 1.